The van der Waals surface area contributed by atoms with Gasteiger partial charge in [0.25, 0.3) is 0 Å². The van der Waals surface area contributed by atoms with E-state index in [9.17, 15) is 9.59 Å². The molecule has 1 aromatic carbocycles. The molecule has 0 heterocycles. The number of carbonyl (C=O) groups is 2. The van der Waals surface area contributed by atoms with E-state index < -0.39 is 5.97 Å². The molecule has 5 heteroatoms. The number of rotatable bonds is 7. The van der Waals surface area contributed by atoms with Gasteiger partial charge in [-0.05, 0) is 24.5 Å². The molecule has 0 atom stereocenters. The van der Waals surface area contributed by atoms with Gasteiger partial charge in [0.05, 0.1) is 17.9 Å². The Kier molecular flexibility index (Phi) is 7.29. The summed E-state index contributed by atoms with van der Waals surface area (Å²) in [6.07, 6.45) is 1.79. The third kappa shape index (κ3) is 6.29. The predicted octanol–water partition coefficient (Wildman–Crippen LogP) is 3.42. The van der Waals surface area contributed by atoms with Gasteiger partial charge in [-0.25, -0.2) is 9.59 Å². The van der Waals surface area contributed by atoms with Crippen LogP contribution < -0.4 is 10.6 Å². The molecule has 0 spiro atoms. The van der Waals surface area contributed by atoms with Crippen molar-refractivity contribution in [3.8, 4) is 0 Å². The van der Waals surface area contributed by atoms with Crippen molar-refractivity contribution < 1.29 is 14.3 Å². The minimum absolute atomic E-state index is 0.322. The summed E-state index contributed by atoms with van der Waals surface area (Å²) < 4.78 is 5.18. The van der Waals surface area contributed by atoms with E-state index in [1.54, 1.807) is 24.3 Å². The predicted molar refractivity (Wildman–Crippen MR) is 83.5 cm³/mol. The number of anilines is 1. The number of unbranched alkanes of at least 4 members (excludes halogenated alkanes) is 1. The number of benzene rings is 1. The summed E-state index contributed by atoms with van der Waals surface area (Å²) in [5.74, 6) is -0.0480. The molecule has 0 aromatic heterocycles. The van der Waals surface area contributed by atoms with Gasteiger partial charge in [-0.2, -0.15) is 0 Å². The van der Waals surface area contributed by atoms with Crippen LogP contribution >= 0.6 is 0 Å². The van der Waals surface area contributed by atoms with Crippen LogP contribution in [-0.4, -0.2) is 25.2 Å². The van der Waals surface area contributed by atoms with Crippen LogP contribution in [0.1, 0.15) is 44.0 Å². The molecule has 2 N–H and O–H groups in total. The van der Waals surface area contributed by atoms with Gasteiger partial charge in [-0.3, -0.25) is 0 Å². The third-order valence-corrected chi connectivity index (χ3v) is 2.80. The molecular formula is C16H24N2O3. The molecule has 0 bridgehead atoms. The summed E-state index contributed by atoms with van der Waals surface area (Å²) in [5.41, 5.74) is 0.827. The maximum atomic E-state index is 12.0. The number of amides is 2. The Morgan fingerprint density at radius 2 is 1.95 bits per heavy atom. The van der Waals surface area contributed by atoms with E-state index in [1.165, 1.54) is 0 Å². The van der Waals surface area contributed by atoms with E-state index in [4.69, 9.17) is 4.74 Å². The summed E-state index contributed by atoms with van der Waals surface area (Å²) >= 11 is 0. The molecule has 0 saturated heterocycles. The summed E-state index contributed by atoms with van der Waals surface area (Å²) in [5, 5.41) is 5.43. The molecule has 0 aliphatic rings. The summed E-state index contributed by atoms with van der Waals surface area (Å²) in [7, 11) is 0. The topological polar surface area (TPSA) is 67.4 Å². The summed E-state index contributed by atoms with van der Waals surface area (Å²) in [6.45, 7) is 7.03. The van der Waals surface area contributed by atoms with Gasteiger partial charge in [0.1, 0.15) is 0 Å². The average molecular weight is 292 g/mol. The van der Waals surface area contributed by atoms with E-state index in [2.05, 4.69) is 10.6 Å². The van der Waals surface area contributed by atoms with Gasteiger partial charge in [0.15, 0.2) is 0 Å². The zero-order chi connectivity index (χ0) is 15.7. The van der Waals surface area contributed by atoms with Gasteiger partial charge < -0.3 is 15.4 Å². The molecular weight excluding hydrogens is 268 g/mol. The SMILES string of the molecule is CCCCOC(=O)c1ccccc1NC(=O)NCC(C)C. The molecule has 0 aliphatic heterocycles. The van der Waals surface area contributed by atoms with Crippen LogP contribution in [-0.2, 0) is 4.74 Å². The molecule has 1 aromatic rings. The Balaban J connectivity index is 2.66. The first-order valence-electron chi connectivity index (χ1n) is 7.35. The number of hydrogen-bond acceptors (Lipinski definition) is 3. The van der Waals surface area contributed by atoms with Gasteiger partial charge in [0.2, 0.25) is 0 Å². The molecule has 0 saturated carbocycles. The lowest BCUT2D eigenvalue weighted by Crippen LogP contribution is -2.32. The minimum atomic E-state index is -0.414. The fraction of sp³-hybridized carbons (Fsp3) is 0.500. The van der Waals surface area contributed by atoms with Crippen LogP contribution in [0.25, 0.3) is 0 Å². The Hall–Kier alpha value is -2.04. The number of nitrogens with one attached hydrogen (secondary N) is 2. The first-order valence-corrected chi connectivity index (χ1v) is 7.35. The second-order valence-corrected chi connectivity index (χ2v) is 5.26. The highest BCUT2D eigenvalue weighted by molar-refractivity contribution is 6.00. The molecule has 2 amide bonds. The Morgan fingerprint density at radius 1 is 1.24 bits per heavy atom. The minimum Gasteiger partial charge on any atom is -0.462 e. The van der Waals surface area contributed by atoms with Crippen molar-refractivity contribution in [3.63, 3.8) is 0 Å². The molecule has 116 valence electrons. The van der Waals surface area contributed by atoms with Crippen LogP contribution in [0.4, 0.5) is 10.5 Å². The highest BCUT2D eigenvalue weighted by atomic mass is 16.5. The Bertz CT molecular complexity index is 472. The second kappa shape index (κ2) is 9.00. The first kappa shape index (κ1) is 17.0. The molecule has 0 radical (unpaired) electrons. The lowest BCUT2D eigenvalue weighted by molar-refractivity contribution is 0.0501. The number of urea groups is 1. The average Bonchev–Trinajstić information content (AvgIpc) is 2.46. The summed E-state index contributed by atoms with van der Waals surface area (Å²) in [4.78, 5) is 23.8. The van der Waals surface area contributed by atoms with Gasteiger partial charge in [-0.1, -0.05) is 39.3 Å². The molecule has 0 fully saturated rings. The van der Waals surface area contributed by atoms with Crippen molar-refractivity contribution in [2.24, 2.45) is 5.92 Å². The van der Waals surface area contributed by atoms with Crippen LogP contribution in [0.5, 0.6) is 0 Å². The number of para-hydroxylation sites is 1. The molecule has 5 nitrogen and oxygen atoms in total. The van der Waals surface area contributed by atoms with Crippen molar-refractivity contribution >= 4 is 17.7 Å². The van der Waals surface area contributed by atoms with Crippen LogP contribution in [0.15, 0.2) is 24.3 Å². The molecule has 0 unspecified atom stereocenters. The fourth-order valence-electron chi connectivity index (χ4n) is 1.62. The quantitative estimate of drug-likeness (QED) is 0.597. The largest absolute Gasteiger partial charge is 0.462 e. The Labute approximate surface area is 126 Å². The number of carbonyl (C=O) groups excluding carboxylic acids is 2. The van der Waals surface area contributed by atoms with Crippen LogP contribution in [0.3, 0.4) is 0 Å². The van der Waals surface area contributed by atoms with Crippen molar-refractivity contribution in [2.75, 3.05) is 18.5 Å². The van der Waals surface area contributed by atoms with E-state index in [1.807, 2.05) is 20.8 Å². The normalized spacial score (nSPS) is 10.3. The second-order valence-electron chi connectivity index (χ2n) is 5.26. The van der Waals surface area contributed by atoms with Gasteiger partial charge in [0, 0.05) is 6.54 Å². The lowest BCUT2D eigenvalue weighted by Gasteiger charge is -2.12. The van der Waals surface area contributed by atoms with Gasteiger partial charge in [-0.15, -0.1) is 0 Å². The lowest BCUT2D eigenvalue weighted by atomic mass is 10.2. The van der Waals surface area contributed by atoms with Crippen molar-refractivity contribution in [1.29, 1.82) is 0 Å². The highest BCUT2D eigenvalue weighted by Gasteiger charge is 2.14. The van der Waals surface area contributed by atoms with Crippen LogP contribution in [0, 0.1) is 5.92 Å². The van der Waals surface area contributed by atoms with E-state index >= 15 is 0 Å². The first-order chi connectivity index (χ1) is 10.0. The smallest absolute Gasteiger partial charge is 0.340 e. The van der Waals surface area contributed by atoms with E-state index in [-0.39, 0.29) is 6.03 Å². The van der Waals surface area contributed by atoms with Crippen molar-refractivity contribution in [2.45, 2.75) is 33.6 Å². The number of ether oxygens (including phenoxy) is 1. The molecule has 21 heavy (non-hydrogen) atoms. The highest BCUT2D eigenvalue weighted by Crippen LogP contribution is 2.16. The monoisotopic (exact) mass is 292 g/mol. The standard InChI is InChI=1S/C16H24N2O3/c1-4-5-10-21-15(19)13-8-6-7-9-14(13)18-16(20)17-11-12(2)3/h6-9,12H,4-5,10-11H2,1-3H3,(H2,17,18,20). The zero-order valence-corrected chi connectivity index (χ0v) is 12.9. The summed E-state index contributed by atoms with van der Waals surface area (Å²) in [6, 6.07) is 6.52. The molecule has 0 aliphatic carbocycles. The maximum absolute atomic E-state index is 12.0. The van der Waals surface area contributed by atoms with Crippen LogP contribution in [0.2, 0.25) is 0 Å². The van der Waals surface area contributed by atoms with Crippen molar-refractivity contribution in [1.82, 2.24) is 5.32 Å². The van der Waals surface area contributed by atoms with Crippen molar-refractivity contribution in [3.05, 3.63) is 29.8 Å². The number of esters is 1. The third-order valence-electron chi connectivity index (χ3n) is 2.80. The molecule has 1 rings (SSSR count). The van der Waals surface area contributed by atoms with E-state index in [0.29, 0.717) is 30.3 Å². The van der Waals surface area contributed by atoms with Gasteiger partial charge >= 0.3 is 12.0 Å². The number of hydrogen-bond donors (Lipinski definition) is 2. The zero-order valence-electron chi connectivity index (χ0n) is 12.9. The fourth-order valence-corrected chi connectivity index (χ4v) is 1.62. The van der Waals surface area contributed by atoms with E-state index in [0.717, 1.165) is 12.8 Å². The maximum Gasteiger partial charge on any atom is 0.340 e. The Morgan fingerprint density at radius 3 is 2.62 bits per heavy atom.